The second kappa shape index (κ2) is 6.71. The monoisotopic (exact) mass is 292 g/mol. The van der Waals surface area contributed by atoms with Crippen molar-refractivity contribution in [2.24, 2.45) is 0 Å². The number of hydrogen-bond acceptors (Lipinski definition) is 5. The minimum atomic E-state index is -0.215. The molecule has 0 radical (unpaired) electrons. The summed E-state index contributed by atoms with van der Waals surface area (Å²) in [6.45, 7) is 9.54. The van der Waals surface area contributed by atoms with Gasteiger partial charge in [-0.05, 0) is 34.1 Å². The zero-order chi connectivity index (χ0) is 15.3. The third kappa shape index (κ3) is 4.49. The van der Waals surface area contributed by atoms with Crippen LogP contribution in [0.15, 0.2) is 5.03 Å². The fourth-order valence-electron chi connectivity index (χ4n) is 1.55. The van der Waals surface area contributed by atoms with Gasteiger partial charge in [-0.2, -0.15) is 5.26 Å². The largest absolute Gasteiger partial charge is 0.351 e. The molecule has 20 heavy (non-hydrogen) atoms. The molecule has 0 unspecified atom stereocenters. The molecule has 1 N–H and O–H groups in total. The van der Waals surface area contributed by atoms with E-state index in [1.807, 2.05) is 20.8 Å². The van der Waals surface area contributed by atoms with E-state index in [9.17, 15) is 4.79 Å². The lowest BCUT2D eigenvalue weighted by atomic mass is 10.0. The maximum absolute atomic E-state index is 11.9. The lowest BCUT2D eigenvalue weighted by molar-refractivity contribution is -0.120. The predicted octanol–water partition coefficient (Wildman–Crippen LogP) is 2.36. The molecule has 0 atom stereocenters. The lowest BCUT2D eigenvalue weighted by Gasteiger charge is -2.24. The van der Waals surface area contributed by atoms with E-state index in [0.29, 0.717) is 22.1 Å². The maximum Gasteiger partial charge on any atom is 0.230 e. The van der Waals surface area contributed by atoms with E-state index in [0.717, 1.165) is 6.42 Å². The van der Waals surface area contributed by atoms with Crippen LogP contribution in [0.4, 0.5) is 0 Å². The molecule has 1 aromatic heterocycles. The van der Waals surface area contributed by atoms with Crippen LogP contribution in [-0.2, 0) is 4.79 Å². The standard InChI is InChI=1S/C14H20N4OS/c1-6-14(4,5)18-12(19)8-20-13-11(7-15)9(2)16-10(3)17-13/h6,8H2,1-5H3,(H,18,19). The van der Waals surface area contributed by atoms with Gasteiger partial charge < -0.3 is 5.32 Å². The highest BCUT2D eigenvalue weighted by Crippen LogP contribution is 2.22. The Kier molecular flexibility index (Phi) is 5.52. The highest BCUT2D eigenvalue weighted by atomic mass is 32.2. The Labute approximate surface area is 124 Å². The second-order valence-electron chi connectivity index (χ2n) is 5.22. The molecular weight excluding hydrogens is 272 g/mol. The van der Waals surface area contributed by atoms with Crippen molar-refractivity contribution in [3.63, 3.8) is 0 Å². The van der Waals surface area contributed by atoms with Crippen LogP contribution in [0.5, 0.6) is 0 Å². The number of hydrogen-bond donors (Lipinski definition) is 1. The van der Waals surface area contributed by atoms with E-state index in [-0.39, 0.29) is 17.2 Å². The summed E-state index contributed by atoms with van der Waals surface area (Å²) in [4.78, 5) is 20.3. The molecule has 6 heteroatoms. The van der Waals surface area contributed by atoms with Crippen LogP contribution in [0.2, 0.25) is 0 Å². The lowest BCUT2D eigenvalue weighted by Crippen LogP contribution is -2.43. The van der Waals surface area contributed by atoms with Crippen LogP contribution in [0.25, 0.3) is 0 Å². The number of thioether (sulfide) groups is 1. The van der Waals surface area contributed by atoms with Gasteiger partial charge in [0.15, 0.2) is 0 Å². The zero-order valence-electron chi connectivity index (χ0n) is 12.6. The van der Waals surface area contributed by atoms with Crippen molar-refractivity contribution in [1.29, 1.82) is 5.26 Å². The van der Waals surface area contributed by atoms with Gasteiger partial charge in [-0.3, -0.25) is 4.79 Å². The van der Waals surface area contributed by atoms with E-state index >= 15 is 0 Å². The first kappa shape index (κ1) is 16.4. The highest BCUT2D eigenvalue weighted by molar-refractivity contribution is 8.00. The summed E-state index contributed by atoms with van der Waals surface area (Å²) in [5.41, 5.74) is 0.882. The number of nitrogens with one attached hydrogen (secondary N) is 1. The molecule has 0 aliphatic carbocycles. The van der Waals surface area contributed by atoms with Crippen LogP contribution in [-0.4, -0.2) is 27.2 Å². The Morgan fingerprint density at radius 2 is 2.05 bits per heavy atom. The molecule has 1 heterocycles. The third-order valence-corrected chi connectivity index (χ3v) is 3.96. The van der Waals surface area contributed by atoms with E-state index in [1.165, 1.54) is 11.8 Å². The SMILES string of the molecule is CCC(C)(C)NC(=O)CSc1nc(C)nc(C)c1C#N. The van der Waals surface area contributed by atoms with Gasteiger partial charge in [0.05, 0.1) is 11.4 Å². The second-order valence-corrected chi connectivity index (χ2v) is 6.19. The molecule has 1 aromatic rings. The molecule has 5 nitrogen and oxygen atoms in total. The highest BCUT2D eigenvalue weighted by Gasteiger charge is 2.19. The average molecular weight is 292 g/mol. The summed E-state index contributed by atoms with van der Waals surface area (Å²) in [5, 5.41) is 12.7. The molecular formula is C14H20N4OS. The Morgan fingerprint density at radius 1 is 1.40 bits per heavy atom. The molecule has 0 aromatic carbocycles. The molecule has 0 bridgehead atoms. The fourth-order valence-corrected chi connectivity index (χ4v) is 2.42. The minimum Gasteiger partial charge on any atom is -0.351 e. The molecule has 0 aliphatic rings. The smallest absolute Gasteiger partial charge is 0.230 e. The Morgan fingerprint density at radius 3 is 2.60 bits per heavy atom. The molecule has 0 spiro atoms. The number of carbonyl (C=O) groups excluding carboxylic acids is 1. The van der Waals surface area contributed by atoms with Crippen LogP contribution in [0, 0.1) is 25.2 Å². The van der Waals surface area contributed by atoms with Crippen molar-refractivity contribution < 1.29 is 4.79 Å². The molecule has 1 rings (SSSR count). The zero-order valence-corrected chi connectivity index (χ0v) is 13.4. The molecule has 108 valence electrons. The third-order valence-electron chi connectivity index (χ3n) is 2.98. The Bertz CT molecular complexity index is 549. The van der Waals surface area contributed by atoms with Crippen LogP contribution < -0.4 is 5.32 Å². The number of carbonyl (C=O) groups is 1. The van der Waals surface area contributed by atoms with Crippen molar-refractivity contribution in [3.8, 4) is 6.07 Å². The molecule has 0 saturated carbocycles. The van der Waals surface area contributed by atoms with Gasteiger partial charge in [0.1, 0.15) is 22.5 Å². The first-order chi connectivity index (χ1) is 9.29. The van der Waals surface area contributed by atoms with E-state index in [4.69, 9.17) is 5.26 Å². The summed E-state index contributed by atoms with van der Waals surface area (Å²) < 4.78 is 0. The van der Waals surface area contributed by atoms with Gasteiger partial charge in [0.25, 0.3) is 0 Å². The summed E-state index contributed by atoms with van der Waals surface area (Å²) in [6, 6.07) is 2.10. The summed E-state index contributed by atoms with van der Waals surface area (Å²) >= 11 is 1.27. The molecule has 0 fully saturated rings. The normalized spacial score (nSPS) is 11.0. The van der Waals surface area contributed by atoms with Crippen LogP contribution >= 0.6 is 11.8 Å². The Balaban J connectivity index is 2.76. The van der Waals surface area contributed by atoms with E-state index in [1.54, 1.807) is 13.8 Å². The van der Waals surface area contributed by atoms with Crippen LogP contribution in [0.3, 0.4) is 0 Å². The summed E-state index contributed by atoms with van der Waals surface area (Å²) in [6.07, 6.45) is 0.860. The Hall–Kier alpha value is -1.61. The number of nitriles is 1. The molecule has 0 saturated heterocycles. The topological polar surface area (TPSA) is 78.7 Å². The average Bonchev–Trinajstić information content (AvgIpc) is 2.35. The number of nitrogens with zero attached hydrogens (tertiary/aromatic N) is 3. The van der Waals surface area contributed by atoms with Crippen LogP contribution in [0.1, 0.15) is 44.3 Å². The summed E-state index contributed by atoms with van der Waals surface area (Å²) in [5.74, 6) is 0.798. The fraction of sp³-hybridized carbons (Fsp3) is 0.571. The van der Waals surface area contributed by atoms with Crippen molar-refractivity contribution in [2.75, 3.05) is 5.75 Å². The van der Waals surface area contributed by atoms with Gasteiger partial charge in [-0.15, -0.1) is 0 Å². The quantitative estimate of drug-likeness (QED) is 0.666. The molecule has 0 aliphatic heterocycles. The maximum atomic E-state index is 11.9. The van der Waals surface area contributed by atoms with Crippen molar-refractivity contribution in [2.45, 2.75) is 51.6 Å². The van der Waals surface area contributed by atoms with Gasteiger partial charge in [0.2, 0.25) is 5.91 Å². The van der Waals surface area contributed by atoms with E-state index < -0.39 is 0 Å². The van der Waals surface area contributed by atoms with Crippen molar-refractivity contribution in [3.05, 3.63) is 17.1 Å². The number of aromatic nitrogens is 2. The first-order valence-electron chi connectivity index (χ1n) is 6.48. The molecule has 1 amide bonds. The first-order valence-corrected chi connectivity index (χ1v) is 7.46. The summed E-state index contributed by atoms with van der Waals surface area (Å²) in [7, 11) is 0. The van der Waals surface area contributed by atoms with Gasteiger partial charge in [-0.25, -0.2) is 9.97 Å². The van der Waals surface area contributed by atoms with Gasteiger partial charge >= 0.3 is 0 Å². The minimum absolute atomic E-state index is 0.0559. The number of amides is 1. The number of aryl methyl sites for hydroxylation is 2. The van der Waals surface area contributed by atoms with Crippen molar-refractivity contribution >= 4 is 17.7 Å². The predicted molar refractivity (Wildman–Crippen MR) is 79.5 cm³/mol. The van der Waals surface area contributed by atoms with Crippen molar-refractivity contribution in [1.82, 2.24) is 15.3 Å². The number of rotatable bonds is 5. The van der Waals surface area contributed by atoms with Gasteiger partial charge in [0, 0.05) is 5.54 Å². The van der Waals surface area contributed by atoms with E-state index in [2.05, 4.69) is 21.4 Å². The van der Waals surface area contributed by atoms with Gasteiger partial charge in [-0.1, -0.05) is 18.7 Å².